The zero-order valence-corrected chi connectivity index (χ0v) is 10.9. The van der Waals surface area contributed by atoms with Gasteiger partial charge in [-0.25, -0.2) is 9.78 Å². The first-order valence-electron chi connectivity index (χ1n) is 4.73. The second-order valence-electron chi connectivity index (χ2n) is 3.35. The third-order valence-corrected chi connectivity index (χ3v) is 3.25. The summed E-state index contributed by atoms with van der Waals surface area (Å²) in [4.78, 5) is 14.8. The molecule has 0 unspecified atom stereocenters. The molecule has 1 aromatic carbocycles. The number of carboxylic acids is 1. The van der Waals surface area contributed by atoms with Crippen molar-refractivity contribution in [2.24, 2.45) is 0 Å². The Bertz CT molecular complexity index is 586. The van der Waals surface area contributed by atoms with Crippen LogP contribution in [0.2, 0.25) is 5.15 Å². The molecule has 2 aromatic rings. The van der Waals surface area contributed by atoms with Crippen LogP contribution in [0, 0.1) is 0 Å². The predicted octanol–water partition coefficient (Wildman–Crippen LogP) is 3.86. The maximum Gasteiger partial charge on any atom is 0.338 e. The summed E-state index contributed by atoms with van der Waals surface area (Å²) in [6.45, 7) is 0. The number of carbonyl (C=O) groups is 1. The molecule has 1 heterocycles. The quantitative estimate of drug-likeness (QED) is 0.857. The van der Waals surface area contributed by atoms with Crippen LogP contribution in [-0.4, -0.2) is 16.1 Å². The fourth-order valence-electron chi connectivity index (χ4n) is 1.44. The van der Waals surface area contributed by atoms with E-state index < -0.39 is 5.97 Å². The maximum absolute atomic E-state index is 11.0. The summed E-state index contributed by atoms with van der Waals surface area (Å²) in [5.74, 6) is -1.09. The van der Waals surface area contributed by atoms with E-state index in [1.165, 1.54) is 6.07 Å². The molecule has 5 heteroatoms. The molecular formula is C12H7BrClNO2. The highest BCUT2D eigenvalue weighted by Gasteiger charge is 2.12. The van der Waals surface area contributed by atoms with Gasteiger partial charge in [0.2, 0.25) is 0 Å². The molecule has 0 aliphatic carbocycles. The maximum atomic E-state index is 11.0. The van der Waals surface area contributed by atoms with Crippen LogP contribution in [0.5, 0.6) is 0 Å². The number of hydrogen-bond donors (Lipinski definition) is 1. The van der Waals surface area contributed by atoms with Gasteiger partial charge in [-0.2, -0.15) is 0 Å². The fourth-order valence-corrected chi connectivity index (χ4v) is 2.14. The monoisotopic (exact) mass is 311 g/mol. The van der Waals surface area contributed by atoms with Crippen LogP contribution in [0.25, 0.3) is 11.1 Å². The minimum atomic E-state index is -1.09. The van der Waals surface area contributed by atoms with Gasteiger partial charge in [0.05, 0.1) is 5.56 Å². The van der Waals surface area contributed by atoms with Gasteiger partial charge in [0.25, 0.3) is 0 Å². The second kappa shape index (κ2) is 4.85. The number of aromatic nitrogens is 1. The average Bonchev–Trinajstić information content (AvgIpc) is 2.30. The number of pyridine rings is 1. The van der Waals surface area contributed by atoms with E-state index in [0.29, 0.717) is 5.56 Å². The molecule has 0 fully saturated rings. The lowest BCUT2D eigenvalue weighted by atomic mass is 10.1. The molecule has 0 spiro atoms. The molecule has 0 aliphatic heterocycles. The van der Waals surface area contributed by atoms with E-state index in [4.69, 9.17) is 16.7 Å². The first-order chi connectivity index (χ1) is 8.09. The Kier molecular flexibility index (Phi) is 3.45. The van der Waals surface area contributed by atoms with Crippen LogP contribution in [0.15, 0.2) is 41.0 Å². The van der Waals surface area contributed by atoms with E-state index in [1.807, 2.05) is 24.3 Å². The van der Waals surface area contributed by atoms with E-state index in [0.717, 1.165) is 10.0 Å². The van der Waals surface area contributed by atoms with Crippen molar-refractivity contribution in [3.05, 3.63) is 51.7 Å². The molecule has 0 bridgehead atoms. The number of aromatic carboxylic acids is 1. The van der Waals surface area contributed by atoms with E-state index in [9.17, 15) is 4.79 Å². The van der Waals surface area contributed by atoms with Crippen LogP contribution in [0.3, 0.4) is 0 Å². The SMILES string of the molecule is O=C(O)c1cc(-c2ccccc2Br)cnc1Cl. The number of rotatable bonds is 2. The Balaban J connectivity index is 2.58. The number of hydrogen-bond acceptors (Lipinski definition) is 2. The smallest absolute Gasteiger partial charge is 0.338 e. The van der Waals surface area contributed by atoms with Crippen molar-refractivity contribution in [3.8, 4) is 11.1 Å². The van der Waals surface area contributed by atoms with Gasteiger partial charge in [-0.05, 0) is 17.7 Å². The van der Waals surface area contributed by atoms with Crippen molar-refractivity contribution in [3.63, 3.8) is 0 Å². The normalized spacial score (nSPS) is 10.2. The molecule has 1 aromatic heterocycles. The highest BCUT2D eigenvalue weighted by molar-refractivity contribution is 9.10. The molecule has 3 nitrogen and oxygen atoms in total. The summed E-state index contributed by atoms with van der Waals surface area (Å²) >= 11 is 9.12. The Morgan fingerprint density at radius 2 is 2.06 bits per heavy atom. The van der Waals surface area contributed by atoms with Crippen molar-refractivity contribution in [1.29, 1.82) is 0 Å². The Labute approximate surface area is 111 Å². The summed E-state index contributed by atoms with van der Waals surface area (Å²) in [5.41, 5.74) is 1.58. The summed E-state index contributed by atoms with van der Waals surface area (Å²) in [7, 11) is 0. The first-order valence-corrected chi connectivity index (χ1v) is 5.90. The molecular weight excluding hydrogens is 305 g/mol. The third kappa shape index (κ3) is 2.48. The largest absolute Gasteiger partial charge is 0.478 e. The van der Waals surface area contributed by atoms with Crippen LogP contribution >= 0.6 is 27.5 Å². The zero-order chi connectivity index (χ0) is 12.4. The molecule has 0 saturated carbocycles. The van der Waals surface area contributed by atoms with Gasteiger partial charge in [0, 0.05) is 16.2 Å². The predicted molar refractivity (Wildman–Crippen MR) is 69.3 cm³/mol. The van der Waals surface area contributed by atoms with Crippen LogP contribution in [0.1, 0.15) is 10.4 Å². The molecule has 0 atom stereocenters. The van der Waals surface area contributed by atoms with Gasteiger partial charge >= 0.3 is 5.97 Å². The molecule has 86 valence electrons. The number of nitrogens with zero attached hydrogens (tertiary/aromatic N) is 1. The van der Waals surface area contributed by atoms with Gasteiger partial charge in [-0.1, -0.05) is 45.7 Å². The van der Waals surface area contributed by atoms with Crippen LogP contribution < -0.4 is 0 Å². The lowest BCUT2D eigenvalue weighted by Gasteiger charge is -2.06. The molecule has 17 heavy (non-hydrogen) atoms. The van der Waals surface area contributed by atoms with E-state index >= 15 is 0 Å². The van der Waals surface area contributed by atoms with Gasteiger partial charge in [0.1, 0.15) is 5.15 Å². The fraction of sp³-hybridized carbons (Fsp3) is 0. The third-order valence-electron chi connectivity index (χ3n) is 2.25. The second-order valence-corrected chi connectivity index (χ2v) is 4.56. The molecule has 2 rings (SSSR count). The summed E-state index contributed by atoms with van der Waals surface area (Å²) in [6, 6.07) is 9.02. The van der Waals surface area contributed by atoms with Crippen LogP contribution in [0.4, 0.5) is 0 Å². The summed E-state index contributed by atoms with van der Waals surface area (Å²) in [6.07, 6.45) is 1.55. The number of carboxylic acid groups (broad SMARTS) is 1. The Hall–Kier alpha value is -1.39. The van der Waals surface area contributed by atoms with Crippen molar-refractivity contribution in [2.75, 3.05) is 0 Å². The van der Waals surface area contributed by atoms with Gasteiger partial charge in [-0.15, -0.1) is 0 Å². The Morgan fingerprint density at radius 3 is 2.71 bits per heavy atom. The van der Waals surface area contributed by atoms with E-state index in [2.05, 4.69) is 20.9 Å². The van der Waals surface area contributed by atoms with Gasteiger partial charge in [-0.3, -0.25) is 0 Å². The minimum Gasteiger partial charge on any atom is -0.478 e. The molecule has 1 N–H and O–H groups in total. The number of halogens is 2. The topological polar surface area (TPSA) is 50.2 Å². The lowest BCUT2D eigenvalue weighted by Crippen LogP contribution is -1.99. The highest BCUT2D eigenvalue weighted by Crippen LogP contribution is 2.29. The summed E-state index contributed by atoms with van der Waals surface area (Å²) in [5, 5.41) is 8.96. The van der Waals surface area contributed by atoms with Crippen molar-refractivity contribution >= 4 is 33.5 Å². The Morgan fingerprint density at radius 1 is 1.35 bits per heavy atom. The van der Waals surface area contributed by atoms with Crippen molar-refractivity contribution < 1.29 is 9.90 Å². The highest BCUT2D eigenvalue weighted by atomic mass is 79.9. The molecule has 0 aliphatic rings. The van der Waals surface area contributed by atoms with E-state index in [-0.39, 0.29) is 10.7 Å². The zero-order valence-electron chi connectivity index (χ0n) is 8.52. The van der Waals surface area contributed by atoms with E-state index in [1.54, 1.807) is 6.20 Å². The first kappa shape index (κ1) is 12.1. The molecule has 0 amide bonds. The minimum absolute atomic E-state index is 0.0000743. The molecule has 0 radical (unpaired) electrons. The number of benzene rings is 1. The van der Waals surface area contributed by atoms with Crippen molar-refractivity contribution in [1.82, 2.24) is 4.98 Å². The standard InChI is InChI=1S/C12H7BrClNO2/c13-10-4-2-1-3-8(10)7-5-9(12(16)17)11(14)15-6-7/h1-6H,(H,16,17). The van der Waals surface area contributed by atoms with Crippen LogP contribution in [-0.2, 0) is 0 Å². The van der Waals surface area contributed by atoms with Crippen molar-refractivity contribution in [2.45, 2.75) is 0 Å². The lowest BCUT2D eigenvalue weighted by molar-refractivity contribution is 0.0696. The van der Waals surface area contributed by atoms with Gasteiger partial charge < -0.3 is 5.11 Å². The summed E-state index contributed by atoms with van der Waals surface area (Å²) < 4.78 is 0.875. The average molecular weight is 313 g/mol. The molecule has 0 saturated heterocycles. The van der Waals surface area contributed by atoms with Gasteiger partial charge in [0.15, 0.2) is 0 Å².